The average molecular weight is 745 g/mol. The Balaban J connectivity index is 4.13. The highest BCUT2D eigenvalue weighted by atomic mass is 31.2. The van der Waals surface area contributed by atoms with Crippen LogP contribution in [-0.2, 0) is 27.9 Å². The first-order chi connectivity index (χ1) is 24.6. The van der Waals surface area contributed by atoms with Gasteiger partial charge in [-0.05, 0) is 44.9 Å². The topological polar surface area (TPSA) is 91.3 Å². The van der Waals surface area contributed by atoms with Crippen molar-refractivity contribution in [3.05, 3.63) is 24.3 Å². The summed E-state index contributed by atoms with van der Waals surface area (Å²) in [7, 11) is 1.67. The van der Waals surface area contributed by atoms with Gasteiger partial charge in [0.25, 0.3) is 0 Å². The van der Waals surface area contributed by atoms with E-state index in [0.717, 1.165) is 38.5 Å². The quantitative estimate of drug-likeness (QED) is 0.0220. The number of nitrogens with zero attached hydrogens (tertiary/aromatic N) is 1. The third-order valence-electron chi connectivity index (χ3n) is 9.02. The van der Waals surface area contributed by atoms with Crippen LogP contribution >= 0.6 is 7.82 Å². The van der Waals surface area contributed by atoms with Gasteiger partial charge in [0.1, 0.15) is 19.3 Å². The second-order valence-electron chi connectivity index (χ2n) is 15.4. The number of unbranched alkanes of at least 4 members (excludes halogenated alkanes) is 21. The molecule has 0 bridgehead atoms. The number of esters is 1. The first-order valence-electron chi connectivity index (χ1n) is 21.1. The van der Waals surface area contributed by atoms with E-state index in [1.165, 1.54) is 122 Å². The SMILES string of the molecule is CCCCC/C=C\C/C=C\CCCCCCCCCCCCOCC(COP(=O)(O)OCC[N+](C)(C)C)OC(=O)CCCCCCCCCCC. The summed E-state index contributed by atoms with van der Waals surface area (Å²) in [5, 5.41) is 0. The molecule has 1 N–H and O–H groups in total. The molecule has 0 saturated heterocycles. The van der Waals surface area contributed by atoms with E-state index in [1.54, 1.807) is 0 Å². The van der Waals surface area contributed by atoms with Crippen LogP contribution in [0.4, 0.5) is 0 Å². The molecule has 0 aromatic carbocycles. The summed E-state index contributed by atoms with van der Waals surface area (Å²) in [6.45, 7) is 5.58. The molecular formula is C42H83NO7P+. The molecule has 0 aliphatic heterocycles. The van der Waals surface area contributed by atoms with Crippen LogP contribution in [0.5, 0.6) is 0 Å². The predicted molar refractivity (Wildman–Crippen MR) is 215 cm³/mol. The average Bonchev–Trinajstić information content (AvgIpc) is 3.08. The smallest absolute Gasteiger partial charge is 0.457 e. The van der Waals surface area contributed by atoms with Crippen LogP contribution < -0.4 is 0 Å². The van der Waals surface area contributed by atoms with Gasteiger partial charge in [0.2, 0.25) is 0 Å². The van der Waals surface area contributed by atoms with Crippen LogP contribution in [0.2, 0.25) is 0 Å². The van der Waals surface area contributed by atoms with Gasteiger partial charge in [-0.2, -0.15) is 0 Å². The van der Waals surface area contributed by atoms with E-state index in [-0.39, 0.29) is 25.8 Å². The second kappa shape index (κ2) is 36.0. The van der Waals surface area contributed by atoms with Gasteiger partial charge < -0.3 is 18.9 Å². The Kier molecular flexibility index (Phi) is 35.3. The van der Waals surface area contributed by atoms with E-state index < -0.39 is 13.9 Å². The van der Waals surface area contributed by atoms with E-state index in [4.69, 9.17) is 18.5 Å². The van der Waals surface area contributed by atoms with Crippen molar-refractivity contribution in [1.82, 2.24) is 0 Å². The van der Waals surface area contributed by atoms with Gasteiger partial charge in [-0.25, -0.2) is 4.57 Å². The monoisotopic (exact) mass is 745 g/mol. The number of rotatable bonds is 39. The Hall–Kier alpha value is -1.02. The zero-order chi connectivity index (χ0) is 37.7. The first-order valence-corrected chi connectivity index (χ1v) is 22.6. The molecule has 2 unspecified atom stereocenters. The molecule has 0 aliphatic rings. The Morgan fingerprint density at radius 2 is 1.08 bits per heavy atom. The Labute approximate surface area is 315 Å². The molecule has 0 amide bonds. The van der Waals surface area contributed by atoms with Crippen LogP contribution in [0.15, 0.2) is 24.3 Å². The Morgan fingerprint density at radius 3 is 1.63 bits per heavy atom. The van der Waals surface area contributed by atoms with Gasteiger partial charge in [-0.1, -0.05) is 154 Å². The molecule has 0 rings (SSSR count). The number of carbonyl (C=O) groups is 1. The van der Waals surface area contributed by atoms with Crippen LogP contribution in [0.1, 0.15) is 181 Å². The van der Waals surface area contributed by atoms with Gasteiger partial charge in [0.05, 0.1) is 34.4 Å². The minimum Gasteiger partial charge on any atom is -0.457 e. The summed E-state index contributed by atoms with van der Waals surface area (Å²) in [5.41, 5.74) is 0. The molecule has 0 heterocycles. The van der Waals surface area contributed by atoms with Crippen LogP contribution in [0.25, 0.3) is 0 Å². The van der Waals surface area contributed by atoms with Gasteiger partial charge in [-0.15, -0.1) is 0 Å². The van der Waals surface area contributed by atoms with E-state index in [9.17, 15) is 14.3 Å². The largest absolute Gasteiger partial charge is 0.472 e. The Morgan fingerprint density at radius 1 is 0.608 bits per heavy atom. The van der Waals surface area contributed by atoms with E-state index in [0.29, 0.717) is 24.1 Å². The molecule has 0 spiro atoms. The fourth-order valence-corrected chi connectivity index (χ4v) is 6.44. The third kappa shape index (κ3) is 40.0. The fraction of sp³-hybridized carbons (Fsp3) is 0.881. The minimum atomic E-state index is -4.26. The number of hydrogen-bond donors (Lipinski definition) is 1. The van der Waals surface area contributed by atoms with E-state index in [1.807, 2.05) is 21.1 Å². The van der Waals surface area contributed by atoms with Crippen molar-refractivity contribution in [2.24, 2.45) is 0 Å². The number of allylic oxidation sites excluding steroid dienone is 4. The molecule has 0 aromatic rings. The zero-order valence-electron chi connectivity index (χ0n) is 34.1. The number of quaternary nitrogens is 1. The van der Waals surface area contributed by atoms with Crippen molar-refractivity contribution >= 4 is 13.8 Å². The maximum Gasteiger partial charge on any atom is 0.472 e. The summed E-state index contributed by atoms with van der Waals surface area (Å²) >= 11 is 0. The number of phosphoric acid groups is 1. The molecule has 0 aliphatic carbocycles. The van der Waals surface area contributed by atoms with E-state index in [2.05, 4.69) is 38.2 Å². The number of phosphoric ester groups is 1. The molecule has 2 atom stereocenters. The summed E-state index contributed by atoms with van der Waals surface area (Å²) in [4.78, 5) is 22.7. The van der Waals surface area contributed by atoms with Crippen molar-refractivity contribution < 1.29 is 37.3 Å². The van der Waals surface area contributed by atoms with Crippen molar-refractivity contribution in [2.45, 2.75) is 187 Å². The van der Waals surface area contributed by atoms with Crippen LogP contribution in [0.3, 0.4) is 0 Å². The van der Waals surface area contributed by atoms with E-state index >= 15 is 0 Å². The molecule has 9 heteroatoms. The summed E-state index contributed by atoms with van der Waals surface area (Å²) < 4.78 is 34.9. The number of hydrogen-bond acceptors (Lipinski definition) is 6. The van der Waals surface area contributed by atoms with Gasteiger partial charge in [-0.3, -0.25) is 13.8 Å². The molecular weight excluding hydrogens is 661 g/mol. The lowest BCUT2D eigenvalue weighted by atomic mass is 10.1. The minimum absolute atomic E-state index is 0.0897. The predicted octanol–water partition coefficient (Wildman–Crippen LogP) is 12.0. The zero-order valence-corrected chi connectivity index (χ0v) is 35.0. The third-order valence-corrected chi connectivity index (χ3v) is 10.00. The normalized spacial score (nSPS) is 14.1. The highest BCUT2D eigenvalue weighted by molar-refractivity contribution is 7.47. The van der Waals surface area contributed by atoms with Crippen molar-refractivity contribution in [2.75, 3.05) is 54.1 Å². The molecule has 0 radical (unpaired) electrons. The Bertz CT molecular complexity index is 874. The highest BCUT2D eigenvalue weighted by Crippen LogP contribution is 2.43. The molecule has 51 heavy (non-hydrogen) atoms. The number of likely N-dealkylation sites (N-methyl/N-ethyl adjacent to an activating group) is 1. The first kappa shape index (κ1) is 50.0. The molecule has 8 nitrogen and oxygen atoms in total. The standard InChI is InChI=1S/C42H82NO7P/c1-6-8-10-12-14-16-17-18-19-20-21-22-23-24-25-26-28-30-32-34-37-47-39-41(40-49-51(45,46)48-38-36-43(3,4)5)50-42(44)35-33-31-29-27-15-13-11-9-7-2/h14,16,18-19,41H,6-13,15,17,20-40H2,1-5H3/p+1/b16-14-,19-18-. The lowest BCUT2D eigenvalue weighted by Gasteiger charge is -2.24. The molecule has 302 valence electrons. The summed E-state index contributed by atoms with van der Waals surface area (Å²) in [6, 6.07) is 0. The maximum absolute atomic E-state index is 12.6. The van der Waals surface area contributed by atoms with Crippen molar-refractivity contribution in [3.63, 3.8) is 0 Å². The van der Waals surface area contributed by atoms with Gasteiger partial charge in [0.15, 0.2) is 0 Å². The van der Waals surface area contributed by atoms with Gasteiger partial charge >= 0.3 is 13.8 Å². The van der Waals surface area contributed by atoms with Crippen LogP contribution in [0, 0.1) is 0 Å². The molecule has 0 fully saturated rings. The highest BCUT2D eigenvalue weighted by Gasteiger charge is 2.26. The molecule has 0 aromatic heterocycles. The second-order valence-corrected chi connectivity index (χ2v) is 16.8. The maximum atomic E-state index is 12.6. The van der Waals surface area contributed by atoms with Crippen molar-refractivity contribution in [3.8, 4) is 0 Å². The summed E-state index contributed by atoms with van der Waals surface area (Å²) in [5.74, 6) is -0.317. The lowest BCUT2D eigenvalue weighted by Crippen LogP contribution is -2.37. The lowest BCUT2D eigenvalue weighted by molar-refractivity contribution is -0.870. The number of carbonyl (C=O) groups excluding carboxylic acids is 1. The van der Waals surface area contributed by atoms with Crippen molar-refractivity contribution in [1.29, 1.82) is 0 Å². The number of ether oxygens (including phenoxy) is 2. The fourth-order valence-electron chi connectivity index (χ4n) is 5.70. The van der Waals surface area contributed by atoms with Gasteiger partial charge in [0, 0.05) is 13.0 Å². The van der Waals surface area contributed by atoms with Crippen LogP contribution in [-0.4, -0.2) is 75.6 Å². The summed E-state index contributed by atoms with van der Waals surface area (Å²) in [6.07, 6.45) is 39.2. The molecule has 0 saturated carbocycles.